The number of carbonyl (C=O) groups is 1. The van der Waals surface area contributed by atoms with Gasteiger partial charge in [-0.25, -0.2) is 0 Å². The van der Waals surface area contributed by atoms with Crippen LogP contribution in [0, 0.1) is 11.3 Å². The molecule has 1 amide bonds. The second kappa shape index (κ2) is 7.04. The molecule has 20 heavy (non-hydrogen) atoms. The molecule has 5 heteroatoms. The van der Waals surface area contributed by atoms with Gasteiger partial charge in [0.15, 0.2) is 0 Å². The summed E-state index contributed by atoms with van der Waals surface area (Å²) in [5, 5.41) is 21.3. The van der Waals surface area contributed by atoms with Crippen molar-refractivity contribution >= 4 is 11.6 Å². The number of nitrogens with zero attached hydrogens (tertiary/aromatic N) is 2. The van der Waals surface area contributed by atoms with Gasteiger partial charge < -0.3 is 15.3 Å². The van der Waals surface area contributed by atoms with E-state index in [-0.39, 0.29) is 5.91 Å². The highest BCUT2D eigenvalue weighted by Crippen LogP contribution is 2.13. The van der Waals surface area contributed by atoms with Crippen LogP contribution in [0.4, 0.5) is 5.69 Å². The minimum Gasteiger partial charge on any atom is -0.389 e. The number of likely N-dealkylation sites (N-methyl/N-ethyl adjacent to an activating group) is 1. The highest BCUT2D eigenvalue weighted by atomic mass is 16.3. The fraction of sp³-hybridized carbons (Fsp3) is 0.467. The van der Waals surface area contributed by atoms with Crippen molar-refractivity contribution in [3.05, 3.63) is 29.8 Å². The van der Waals surface area contributed by atoms with E-state index in [4.69, 9.17) is 5.26 Å². The van der Waals surface area contributed by atoms with E-state index in [2.05, 4.69) is 5.32 Å². The van der Waals surface area contributed by atoms with Crippen LogP contribution in [0.25, 0.3) is 0 Å². The number of anilines is 1. The molecule has 1 rings (SSSR count). The molecule has 0 radical (unpaired) electrons. The zero-order valence-electron chi connectivity index (χ0n) is 12.2. The number of benzene rings is 1. The molecule has 0 aromatic heterocycles. The van der Waals surface area contributed by atoms with Gasteiger partial charge in [0.25, 0.3) is 0 Å². The minimum atomic E-state index is -0.779. The molecule has 1 aromatic carbocycles. The topological polar surface area (TPSA) is 76.4 Å². The Morgan fingerprint density at radius 2 is 2.10 bits per heavy atom. The third kappa shape index (κ3) is 5.83. The Morgan fingerprint density at radius 1 is 1.45 bits per heavy atom. The third-order valence-corrected chi connectivity index (χ3v) is 2.70. The van der Waals surface area contributed by atoms with E-state index in [1.54, 1.807) is 38.1 Å². The lowest BCUT2D eigenvalue weighted by Crippen LogP contribution is -2.37. The largest absolute Gasteiger partial charge is 0.389 e. The molecule has 0 aliphatic rings. The number of nitriles is 1. The number of nitrogens with one attached hydrogen (secondary N) is 1. The second-order valence-corrected chi connectivity index (χ2v) is 5.51. The summed E-state index contributed by atoms with van der Waals surface area (Å²) in [6, 6.07) is 8.94. The summed E-state index contributed by atoms with van der Waals surface area (Å²) >= 11 is 0. The molecule has 0 unspecified atom stereocenters. The Kier molecular flexibility index (Phi) is 5.68. The number of amides is 1. The quantitative estimate of drug-likeness (QED) is 0.826. The molecule has 2 N–H and O–H groups in total. The van der Waals surface area contributed by atoms with Gasteiger partial charge in [0.2, 0.25) is 5.91 Å². The first-order chi connectivity index (χ1) is 9.31. The van der Waals surface area contributed by atoms with Gasteiger partial charge in [0.1, 0.15) is 6.07 Å². The van der Waals surface area contributed by atoms with Crippen molar-refractivity contribution in [2.45, 2.75) is 25.9 Å². The molecule has 0 saturated heterocycles. The Morgan fingerprint density at radius 3 is 2.70 bits per heavy atom. The van der Waals surface area contributed by atoms with Crippen LogP contribution in [-0.4, -0.2) is 41.7 Å². The zero-order valence-corrected chi connectivity index (χ0v) is 12.2. The fourth-order valence-electron chi connectivity index (χ4n) is 1.93. The average molecular weight is 275 g/mol. The van der Waals surface area contributed by atoms with Crippen LogP contribution in [0.3, 0.4) is 0 Å². The monoisotopic (exact) mass is 275 g/mol. The predicted octanol–water partition coefficient (Wildman–Crippen LogP) is 1.59. The standard InChI is InChI=1S/C15H21N3O2/c1-15(2,20)11-18(3)9-8-14(19)17-13-7-5-4-6-12(13)10-16/h4-7,20H,8-9,11H2,1-3H3,(H,17,19). The van der Waals surface area contributed by atoms with Crippen molar-refractivity contribution in [3.63, 3.8) is 0 Å². The minimum absolute atomic E-state index is 0.143. The highest BCUT2D eigenvalue weighted by molar-refractivity contribution is 5.92. The van der Waals surface area contributed by atoms with E-state index in [0.717, 1.165) is 0 Å². The van der Waals surface area contributed by atoms with E-state index in [9.17, 15) is 9.90 Å². The maximum Gasteiger partial charge on any atom is 0.225 e. The predicted molar refractivity (Wildman–Crippen MR) is 78.2 cm³/mol. The number of hydrogen-bond acceptors (Lipinski definition) is 4. The van der Waals surface area contributed by atoms with Crippen LogP contribution < -0.4 is 5.32 Å². The van der Waals surface area contributed by atoms with Gasteiger partial charge in [-0.3, -0.25) is 4.79 Å². The Bertz CT molecular complexity index is 501. The number of hydrogen-bond donors (Lipinski definition) is 2. The van der Waals surface area contributed by atoms with E-state index >= 15 is 0 Å². The number of carbonyl (C=O) groups excluding carboxylic acids is 1. The molecule has 0 atom stereocenters. The summed E-state index contributed by atoms with van der Waals surface area (Å²) < 4.78 is 0. The lowest BCUT2D eigenvalue weighted by molar-refractivity contribution is -0.116. The molecule has 0 aliphatic heterocycles. The van der Waals surface area contributed by atoms with Gasteiger partial charge >= 0.3 is 0 Å². The molecule has 108 valence electrons. The van der Waals surface area contributed by atoms with Gasteiger partial charge in [-0.05, 0) is 33.0 Å². The average Bonchev–Trinajstić information content (AvgIpc) is 2.35. The van der Waals surface area contributed by atoms with Crippen molar-refractivity contribution in [2.24, 2.45) is 0 Å². The number of para-hydroxylation sites is 1. The molecule has 0 saturated carbocycles. The lowest BCUT2D eigenvalue weighted by Gasteiger charge is -2.25. The maximum absolute atomic E-state index is 11.8. The maximum atomic E-state index is 11.8. The first kappa shape index (κ1) is 16.2. The number of rotatable bonds is 6. The van der Waals surface area contributed by atoms with Gasteiger partial charge in [-0.2, -0.15) is 5.26 Å². The first-order valence-electron chi connectivity index (χ1n) is 6.52. The second-order valence-electron chi connectivity index (χ2n) is 5.51. The summed E-state index contributed by atoms with van der Waals surface area (Å²) in [5.41, 5.74) is 0.203. The SMILES string of the molecule is CN(CCC(=O)Nc1ccccc1C#N)CC(C)(C)O. The van der Waals surface area contributed by atoms with Crippen molar-refractivity contribution in [2.75, 3.05) is 25.5 Å². The summed E-state index contributed by atoms with van der Waals surface area (Å²) in [7, 11) is 1.86. The summed E-state index contributed by atoms with van der Waals surface area (Å²) in [4.78, 5) is 13.7. The van der Waals surface area contributed by atoms with Gasteiger partial charge in [0, 0.05) is 19.5 Å². The summed E-state index contributed by atoms with van der Waals surface area (Å²) in [6.45, 7) is 4.50. The van der Waals surface area contributed by atoms with Gasteiger partial charge in [-0.15, -0.1) is 0 Å². The molecule has 0 fully saturated rings. The van der Waals surface area contributed by atoms with Crippen molar-refractivity contribution in [3.8, 4) is 6.07 Å². The molecular formula is C15H21N3O2. The van der Waals surface area contributed by atoms with Crippen molar-refractivity contribution in [1.82, 2.24) is 4.90 Å². The highest BCUT2D eigenvalue weighted by Gasteiger charge is 2.16. The molecule has 0 aliphatic carbocycles. The van der Waals surface area contributed by atoms with Gasteiger partial charge in [0.05, 0.1) is 16.9 Å². The van der Waals surface area contributed by atoms with E-state index < -0.39 is 5.60 Å². The fourth-order valence-corrected chi connectivity index (χ4v) is 1.93. The van der Waals surface area contributed by atoms with Crippen LogP contribution in [0.15, 0.2) is 24.3 Å². The summed E-state index contributed by atoms with van der Waals surface area (Å²) in [5.74, 6) is -0.143. The first-order valence-corrected chi connectivity index (χ1v) is 6.52. The molecular weight excluding hydrogens is 254 g/mol. The molecule has 0 bridgehead atoms. The Balaban J connectivity index is 2.47. The third-order valence-electron chi connectivity index (χ3n) is 2.70. The van der Waals surface area contributed by atoms with Crippen molar-refractivity contribution < 1.29 is 9.90 Å². The van der Waals surface area contributed by atoms with Crippen LogP contribution in [0.2, 0.25) is 0 Å². The van der Waals surface area contributed by atoms with Crippen LogP contribution in [0.5, 0.6) is 0 Å². The lowest BCUT2D eigenvalue weighted by atomic mass is 10.1. The van der Waals surface area contributed by atoms with Crippen LogP contribution >= 0.6 is 0 Å². The molecule has 5 nitrogen and oxygen atoms in total. The van der Waals surface area contributed by atoms with Crippen LogP contribution in [-0.2, 0) is 4.79 Å². The smallest absolute Gasteiger partial charge is 0.225 e. The molecule has 0 spiro atoms. The molecule has 0 heterocycles. The summed E-state index contributed by atoms with van der Waals surface area (Å²) in [6.07, 6.45) is 0.312. The normalized spacial score (nSPS) is 11.2. The van der Waals surface area contributed by atoms with Crippen molar-refractivity contribution in [1.29, 1.82) is 5.26 Å². The van der Waals surface area contributed by atoms with E-state index in [0.29, 0.717) is 30.8 Å². The Labute approximate surface area is 119 Å². The number of aliphatic hydroxyl groups is 1. The zero-order chi connectivity index (χ0) is 15.2. The van der Waals surface area contributed by atoms with E-state index in [1.165, 1.54) is 0 Å². The van der Waals surface area contributed by atoms with Crippen LogP contribution in [0.1, 0.15) is 25.8 Å². The van der Waals surface area contributed by atoms with Gasteiger partial charge in [-0.1, -0.05) is 12.1 Å². The van der Waals surface area contributed by atoms with E-state index in [1.807, 2.05) is 18.0 Å². The Hall–Kier alpha value is -1.90. The molecule has 1 aromatic rings.